The molecule has 6 aromatic rings. The lowest BCUT2D eigenvalue weighted by Crippen LogP contribution is -2.47. The SMILES string of the molecule is CCC(CC)(c1ccc(CCC(O)C(C)(C)C)c(C)c1)c1ccc(-c2ccc(/C=C/C(=O)O)o2)c(C)c1.CCOC(=O)/C=C/c1ccc(-c2ccc(C(CC)(CC)c3ccc(CCC(O[Si](C)(C)C(C)(C)C)C(C)(C)C)c(C)c3)cc2C)o1. The highest BCUT2D eigenvalue weighted by Gasteiger charge is 2.42. The van der Waals surface area contributed by atoms with Crippen LogP contribution in [0.5, 0.6) is 0 Å². The molecule has 8 nitrogen and oxygen atoms in total. The van der Waals surface area contributed by atoms with Crippen LogP contribution >= 0.6 is 0 Å². The molecule has 2 atom stereocenters. The zero-order valence-corrected chi connectivity index (χ0v) is 55.4. The predicted octanol–water partition coefficient (Wildman–Crippen LogP) is 19.7. The molecular formula is C74H102O8Si. The van der Waals surface area contributed by atoms with Crippen LogP contribution < -0.4 is 0 Å². The van der Waals surface area contributed by atoms with Gasteiger partial charge in [0.25, 0.3) is 0 Å². The van der Waals surface area contributed by atoms with Gasteiger partial charge in [-0.05, 0) is 207 Å². The van der Waals surface area contributed by atoms with Crippen LogP contribution in [0.4, 0.5) is 0 Å². The first-order valence-corrected chi connectivity index (χ1v) is 33.4. The Bertz CT molecular complexity index is 3170. The normalized spacial score (nSPS) is 13.6. The first-order chi connectivity index (χ1) is 38.8. The summed E-state index contributed by atoms with van der Waals surface area (Å²) in [5.41, 5.74) is 14.8. The molecule has 4 aromatic carbocycles. The number of furan rings is 2. The Morgan fingerprint density at radius 1 is 0.542 bits per heavy atom. The minimum atomic E-state index is -1.88. The number of carboxylic acids is 1. The summed E-state index contributed by atoms with van der Waals surface area (Å²) in [5, 5.41) is 19.5. The molecule has 0 fully saturated rings. The summed E-state index contributed by atoms with van der Waals surface area (Å²) >= 11 is 0. The Morgan fingerprint density at radius 2 is 0.940 bits per heavy atom. The number of carbonyl (C=O) groups excluding carboxylic acids is 1. The van der Waals surface area contributed by atoms with E-state index in [1.807, 2.05) is 18.2 Å². The molecule has 0 saturated carbocycles. The highest BCUT2D eigenvalue weighted by atomic mass is 28.4. The molecule has 0 radical (unpaired) electrons. The van der Waals surface area contributed by atoms with Gasteiger partial charge in [-0.1, -0.05) is 163 Å². The molecule has 0 aliphatic rings. The molecule has 2 N–H and O–H groups in total. The van der Waals surface area contributed by atoms with Crippen LogP contribution in [0.3, 0.4) is 0 Å². The Kier molecular flexibility index (Phi) is 23.1. The number of benzene rings is 4. The molecule has 6 rings (SSSR count). The van der Waals surface area contributed by atoms with E-state index >= 15 is 0 Å². The largest absolute Gasteiger partial charge is 0.478 e. The summed E-state index contributed by atoms with van der Waals surface area (Å²) < 4.78 is 23.9. The van der Waals surface area contributed by atoms with Crippen molar-refractivity contribution in [1.29, 1.82) is 0 Å². The van der Waals surface area contributed by atoms with E-state index in [2.05, 4.69) is 204 Å². The number of rotatable bonds is 23. The molecule has 0 aliphatic heterocycles. The van der Waals surface area contributed by atoms with Crippen molar-refractivity contribution in [2.24, 2.45) is 10.8 Å². The molecular weight excluding hydrogens is 1040 g/mol. The van der Waals surface area contributed by atoms with Gasteiger partial charge in [-0.2, -0.15) is 0 Å². The van der Waals surface area contributed by atoms with Crippen molar-refractivity contribution in [2.75, 3.05) is 6.61 Å². The van der Waals surface area contributed by atoms with Crippen LogP contribution in [0, 0.1) is 38.5 Å². The number of esters is 1. The average Bonchev–Trinajstić information content (AvgIpc) is 2.71. The van der Waals surface area contributed by atoms with Crippen molar-refractivity contribution in [3.8, 4) is 22.6 Å². The standard InChI is InChI=1S/C41H60O4Si.C33H42O4/c1-14-41(15-2,33-20-23-35(30(5)28-33)36-24-21-34(44-36)22-26-38(42)43-16-3)32-19-17-31(29(4)27-32)18-25-37(39(6,7)8)45-46(12,13)40(9,10)11;1-8-33(9-2,25-12-10-24(22(3)20-25)11-18-30(34)32(5,6)7)26-13-16-28(23(4)21-26)29-17-14-27(37-29)15-19-31(35)36/h17,19-24,26-28,37H,14-16,18,25H2,1-13H3;10,12-17,19-21,30,34H,8-9,11,18H2,1-7H3,(H,35,36)/b26-22+;19-15+. The van der Waals surface area contributed by atoms with E-state index in [1.54, 1.807) is 19.1 Å². The Balaban J connectivity index is 0.000000311. The number of aliphatic hydroxyl groups is 1. The Hall–Kier alpha value is -6.00. The smallest absolute Gasteiger partial charge is 0.330 e. The van der Waals surface area contributed by atoms with Crippen LogP contribution in [0.25, 0.3) is 34.8 Å². The molecule has 2 aromatic heterocycles. The molecule has 0 aliphatic carbocycles. The number of aryl methyl sites for hydroxylation is 6. The van der Waals surface area contributed by atoms with Crippen LogP contribution in [0.1, 0.15) is 203 Å². The van der Waals surface area contributed by atoms with Crippen molar-refractivity contribution in [2.45, 2.75) is 217 Å². The highest BCUT2D eigenvalue weighted by molar-refractivity contribution is 6.74. The van der Waals surface area contributed by atoms with Gasteiger partial charge in [0.05, 0.1) is 18.8 Å². The highest BCUT2D eigenvalue weighted by Crippen LogP contribution is 2.45. The van der Waals surface area contributed by atoms with Crippen molar-refractivity contribution >= 4 is 32.4 Å². The maximum Gasteiger partial charge on any atom is 0.330 e. The molecule has 0 saturated heterocycles. The fourth-order valence-corrected chi connectivity index (χ4v) is 12.9. The van der Waals surface area contributed by atoms with E-state index in [4.69, 9.17) is 23.1 Å². The minimum absolute atomic E-state index is 0.0807. The second-order valence-corrected chi connectivity index (χ2v) is 31.5. The third kappa shape index (κ3) is 16.9. The third-order valence-electron chi connectivity index (χ3n) is 18.2. The summed E-state index contributed by atoms with van der Waals surface area (Å²) in [4.78, 5) is 22.5. The van der Waals surface area contributed by atoms with Crippen LogP contribution in [0.15, 0.2) is 118 Å². The van der Waals surface area contributed by atoms with Gasteiger partial charge in [0, 0.05) is 34.1 Å². The van der Waals surface area contributed by atoms with Gasteiger partial charge < -0.3 is 28.2 Å². The van der Waals surface area contributed by atoms with Gasteiger partial charge in [0.15, 0.2) is 8.32 Å². The van der Waals surface area contributed by atoms with Gasteiger partial charge in [-0.3, -0.25) is 0 Å². The number of ether oxygens (including phenoxy) is 1. The lowest BCUT2D eigenvalue weighted by Gasteiger charge is -2.43. The summed E-state index contributed by atoms with van der Waals surface area (Å²) in [5.74, 6) is 1.29. The van der Waals surface area contributed by atoms with E-state index in [0.29, 0.717) is 18.1 Å². The van der Waals surface area contributed by atoms with Gasteiger partial charge in [-0.15, -0.1) is 0 Å². The number of carboxylic acid groups (broad SMARTS) is 1. The molecule has 450 valence electrons. The van der Waals surface area contributed by atoms with Gasteiger partial charge in [0.2, 0.25) is 0 Å². The lowest BCUT2D eigenvalue weighted by molar-refractivity contribution is -0.137. The number of aliphatic hydroxyl groups excluding tert-OH is 1. The Labute approximate surface area is 501 Å². The second-order valence-electron chi connectivity index (χ2n) is 26.8. The second kappa shape index (κ2) is 28.3. The molecule has 2 heterocycles. The molecule has 0 amide bonds. The molecule has 83 heavy (non-hydrogen) atoms. The number of carbonyl (C=O) groups is 2. The van der Waals surface area contributed by atoms with E-state index < -0.39 is 14.3 Å². The molecule has 2 unspecified atom stereocenters. The average molecular weight is 1150 g/mol. The fourth-order valence-electron chi connectivity index (χ4n) is 11.4. The zero-order chi connectivity index (χ0) is 61.9. The topological polar surface area (TPSA) is 119 Å². The van der Waals surface area contributed by atoms with E-state index in [-0.39, 0.29) is 44.9 Å². The van der Waals surface area contributed by atoms with E-state index in [1.165, 1.54) is 62.2 Å². The lowest BCUT2D eigenvalue weighted by atomic mass is 9.69. The summed E-state index contributed by atoms with van der Waals surface area (Å²) in [7, 11) is -1.88. The van der Waals surface area contributed by atoms with Crippen molar-refractivity contribution in [3.63, 3.8) is 0 Å². The van der Waals surface area contributed by atoms with E-state index in [9.17, 15) is 14.7 Å². The maximum atomic E-state index is 11.7. The molecule has 9 heteroatoms. The maximum absolute atomic E-state index is 11.7. The van der Waals surface area contributed by atoms with Crippen molar-refractivity contribution < 1.29 is 37.8 Å². The van der Waals surface area contributed by atoms with Gasteiger partial charge >= 0.3 is 11.9 Å². The quantitative estimate of drug-likeness (QED) is 0.0370. The van der Waals surface area contributed by atoms with Crippen molar-refractivity contribution in [1.82, 2.24) is 0 Å². The minimum Gasteiger partial charge on any atom is -0.478 e. The molecule has 0 spiro atoms. The van der Waals surface area contributed by atoms with E-state index in [0.717, 1.165) is 85.7 Å². The molecule has 0 bridgehead atoms. The van der Waals surface area contributed by atoms with Crippen LogP contribution in [0.2, 0.25) is 18.1 Å². The monoisotopic (exact) mass is 1150 g/mol. The summed E-state index contributed by atoms with van der Waals surface area (Å²) in [6, 6.07) is 34.9. The van der Waals surface area contributed by atoms with Crippen molar-refractivity contribution in [3.05, 3.63) is 176 Å². The number of hydrogen-bond acceptors (Lipinski definition) is 7. The van der Waals surface area contributed by atoms with Crippen LogP contribution in [-0.4, -0.2) is 49.3 Å². The van der Waals surface area contributed by atoms with Crippen LogP contribution in [-0.2, 0) is 42.4 Å². The summed E-state index contributed by atoms with van der Waals surface area (Å²) in [6.45, 7) is 44.9. The first kappa shape index (κ1) is 67.8. The predicted molar refractivity (Wildman–Crippen MR) is 349 cm³/mol. The summed E-state index contributed by atoms with van der Waals surface area (Å²) in [6.07, 6.45) is 13.2. The third-order valence-corrected chi connectivity index (χ3v) is 22.7. The first-order valence-electron chi connectivity index (χ1n) is 30.5. The van der Waals surface area contributed by atoms with Gasteiger partial charge in [0.1, 0.15) is 23.0 Å². The number of aliphatic carboxylic acids is 1. The fraction of sp³-hybridized carbons (Fsp3) is 0.486. The Morgan fingerprint density at radius 3 is 1.29 bits per heavy atom. The van der Waals surface area contributed by atoms with Gasteiger partial charge in [-0.25, -0.2) is 9.59 Å². The zero-order valence-electron chi connectivity index (χ0n) is 54.4. The number of hydrogen-bond donors (Lipinski definition) is 2.